The van der Waals surface area contributed by atoms with Gasteiger partial charge in [-0.3, -0.25) is 9.48 Å². The van der Waals surface area contributed by atoms with Gasteiger partial charge in [0.25, 0.3) is 5.91 Å². The average molecular weight is 296 g/mol. The maximum Gasteiger partial charge on any atom is 0.275 e. The third-order valence-corrected chi connectivity index (χ3v) is 2.80. The van der Waals surface area contributed by atoms with Gasteiger partial charge in [-0.2, -0.15) is 5.10 Å². The molecule has 2 aromatic heterocycles. The Labute approximate surface area is 120 Å². The van der Waals surface area contributed by atoms with Crippen molar-refractivity contribution in [3.8, 4) is 0 Å². The zero-order valence-corrected chi connectivity index (χ0v) is 11.6. The van der Waals surface area contributed by atoms with Crippen molar-refractivity contribution in [2.45, 2.75) is 6.54 Å². The van der Waals surface area contributed by atoms with Crippen LogP contribution < -0.4 is 11.1 Å². The van der Waals surface area contributed by atoms with Crippen molar-refractivity contribution in [2.75, 3.05) is 24.8 Å². The molecular formula is C12H14ClN5O2. The van der Waals surface area contributed by atoms with Crippen LogP contribution in [-0.4, -0.2) is 34.4 Å². The number of amides is 1. The first-order valence-corrected chi connectivity index (χ1v) is 6.22. The lowest BCUT2D eigenvalue weighted by Gasteiger charge is -2.04. The Balaban J connectivity index is 2.07. The average Bonchev–Trinajstić information content (AvgIpc) is 2.86. The molecule has 20 heavy (non-hydrogen) atoms. The fourth-order valence-electron chi connectivity index (χ4n) is 1.54. The molecule has 7 nitrogen and oxygen atoms in total. The van der Waals surface area contributed by atoms with Crippen molar-refractivity contribution in [1.82, 2.24) is 14.8 Å². The van der Waals surface area contributed by atoms with Crippen LogP contribution in [0.5, 0.6) is 0 Å². The van der Waals surface area contributed by atoms with Crippen LogP contribution in [0.25, 0.3) is 0 Å². The Morgan fingerprint density at radius 1 is 1.55 bits per heavy atom. The van der Waals surface area contributed by atoms with E-state index in [-0.39, 0.29) is 16.5 Å². The second-order valence-corrected chi connectivity index (χ2v) is 4.41. The van der Waals surface area contributed by atoms with Gasteiger partial charge in [0, 0.05) is 13.3 Å². The van der Waals surface area contributed by atoms with Crippen molar-refractivity contribution in [3.63, 3.8) is 0 Å². The minimum Gasteiger partial charge on any atom is -0.384 e. The molecule has 0 saturated heterocycles. The van der Waals surface area contributed by atoms with Gasteiger partial charge in [-0.25, -0.2) is 4.98 Å². The highest BCUT2D eigenvalue weighted by atomic mass is 35.5. The highest BCUT2D eigenvalue weighted by Crippen LogP contribution is 2.17. The number of carbonyl (C=O) groups excluding carboxylic acids is 1. The summed E-state index contributed by atoms with van der Waals surface area (Å²) >= 11 is 5.91. The number of rotatable bonds is 5. The van der Waals surface area contributed by atoms with Crippen LogP contribution in [0.3, 0.4) is 0 Å². The van der Waals surface area contributed by atoms with Crippen molar-refractivity contribution in [1.29, 1.82) is 0 Å². The maximum atomic E-state index is 12.0. The molecule has 0 bridgehead atoms. The number of hydrogen-bond acceptors (Lipinski definition) is 5. The van der Waals surface area contributed by atoms with E-state index in [0.29, 0.717) is 18.8 Å². The van der Waals surface area contributed by atoms with Gasteiger partial charge in [0.2, 0.25) is 0 Å². The Kier molecular flexibility index (Phi) is 4.54. The van der Waals surface area contributed by atoms with E-state index in [0.717, 1.165) is 0 Å². The van der Waals surface area contributed by atoms with Crippen LogP contribution >= 0.6 is 11.6 Å². The summed E-state index contributed by atoms with van der Waals surface area (Å²) in [6, 6.07) is 3.06. The predicted molar refractivity (Wildman–Crippen MR) is 75.7 cm³/mol. The molecule has 3 N–H and O–H groups in total. The predicted octanol–water partition coefficient (Wildman–Crippen LogP) is 1.41. The van der Waals surface area contributed by atoms with Crippen LogP contribution in [0.1, 0.15) is 10.5 Å². The molecule has 0 unspecified atom stereocenters. The molecule has 0 saturated carbocycles. The number of halogens is 1. The fourth-order valence-corrected chi connectivity index (χ4v) is 1.73. The van der Waals surface area contributed by atoms with E-state index in [9.17, 15) is 4.79 Å². The summed E-state index contributed by atoms with van der Waals surface area (Å²) in [7, 11) is 1.61. The zero-order valence-electron chi connectivity index (χ0n) is 10.8. The van der Waals surface area contributed by atoms with Crippen molar-refractivity contribution >= 4 is 29.0 Å². The van der Waals surface area contributed by atoms with Crippen molar-refractivity contribution in [3.05, 3.63) is 35.2 Å². The summed E-state index contributed by atoms with van der Waals surface area (Å²) in [5, 5.41) is 6.98. The normalized spacial score (nSPS) is 10.5. The Morgan fingerprint density at radius 3 is 3.10 bits per heavy atom. The van der Waals surface area contributed by atoms with Gasteiger partial charge in [-0.1, -0.05) is 11.6 Å². The number of nitrogens with one attached hydrogen (secondary N) is 1. The molecule has 0 radical (unpaired) electrons. The van der Waals surface area contributed by atoms with E-state index in [1.54, 1.807) is 18.0 Å². The van der Waals surface area contributed by atoms with Crippen LogP contribution in [0.15, 0.2) is 24.5 Å². The van der Waals surface area contributed by atoms with E-state index in [4.69, 9.17) is 22.1 Å². The standard InChI is InChI=1S/C12H14ClN5O2/c1-20-5-4-18-7-8(6-15-18)16-12(19)11-9(13)2-3-10(14)17-11/h2-3,6-7H,4-5H2,1H3,(H2,14,17)(H,16,19). The molecule has 1 amide bonds. The lowest BCUT2D eigenvalue weighted by atomic mass is 10.3. The van der Waals surface area contributed by atoms with Crippen molar-refractivity contribution < 1.29 is 9.53 Å². The minimum atomic E-state index is -0.436. The molecule has 0 fully saturated rings. The Morgan fingerprint density at radius 2 is 2.35 bits per heavy atom. The number of nitrogens with zero attached hydrogens (tertiary/aromatic N) is 3. The second-order valence-electron chi connectivity index (χ2n) is 4.01. The lowest BCUT2D eigenvalue weighted by Crippen LogP contribution is -2.14. The van der Waals surface area contributed by atoms with Crippen LogP contribution in [0, 0.1) is 0 Å². The Bertz CT molecular complexity index is 614. The molecule has 0 aliphatic heterocycles. The van der Waals surface area contributed by atoms with E-state index < -0.39 is 5.91 Å². The largest absolute Gasteiger partial charge is 0.384 e. The highest BCUT2D eigenvalue weighted by Gasteiger charge is 2.13. The first-order valence-electron chi connectivity index (χ1n) is 5.85. The number of ether oxygens (including phenoxy) is 1. The highest BCUT2D eigenvalue weighted by molar-refractivity contribution is 6.34. The molecule has 106 valence electrons. The lowest BCUT2D eigenvalue weighted by molar-refractivity contribution is 0.102. The van der Waals surface area contributed by atoms with E-state index >= 15 is 0 Å². The first-order chi connectivity index (χ1) is 9.60. The molecule has 0 aliphatic carbocycles. The molecular weight excluding hydrogens is 282 g/mol. The van der Waals surface area contributed by atoms with Gasteiger partial charge in [0.05, 0.1) is 30.1 Å². The third kappa shape index (κ3) is 3.46. The minimum absolute atomic E-state index is 0.0799. The summed E-state index contributed by atoms with van der Waals surface area (Å²) < 4.78 is 6.61. The van der Waals surface area contributed by atoms with E-state index in [1.807, 2.05) is 0 Å². The van der Waals surface area contributed by atoms with Crippen LogP contribution in [-0.2, 0) is 11.3 Å². The quantitative estimate of drug-likeness (QED) is 0.869. The summed E-state index contributed by atoms with van der Waals surface area (Å²) in [5.74, 6) is -0.205. The Hall–Kier alpha value is -2.12. The summed E-state index contributed by atoms with van der Waals surface area (Å²) in [6.07, 6.45) is 3.23. The number of anilines is 2. The fraction of sp³-hybridized carbons (Fsp3) is 0.250. The molecule has 8 heteroatoms. The second kappa shape index (κ2) is 6.36. The smallest absolute Gasteiger partial charge is 0.275 e. The van der Waals surface area contributed by atoms with Gasteiger partial charge in [0.1, 0.15) is 11.5 Å². The van der Waals surface area contributed by atoms with Gasteiger partial charge in [-0.15, -0.1) is 0 Å². The molecule has 0 atom stereocenters. The van der Waals surface area contributed by atoms with E-state index in [1.165, 1.54) is 18.3 Å². The summed E-state index contributed by atoms with van der Waals surface area (Å²) in [5.41, 5.74) is 6.17. The van der Waals surface area contributed by atoms with Gasteiger partial charge < -0.3 is 15.8 Å². The third-order valence-electron chi connectivity index (χ3n) is 2.50. The number of methoxy groups -OCH3 is 1. The molecule has 2 heterocycles. The molecule has 0 aliphatic rings. The summed E-state index contributed by atoms with van der Waals surface area (Å²) in [6.45, 7) is 1.14. The number of pyridine rings is 1. The number of nitrogens with two attached hydrogens (primary N) is 1. The SMILES string of the molecule is COCCn1cc(NC(=O)c2nc(N)ccc2Cl)cn1. The maximum absolute atomic E-state index is 12.0. The number of carbonyl (C=O) groups is 1. The molecule has 2 aromatic rings. The zero-order chi connectivity index (χ0) is 14.5. The summed E-state index contributed by atoms with van der Waals surface area (Å²) in [4.78, 5) is 15.9. The first kappa shape index (κ1) is 14.3. The molecule has 0 aromatic carbocycles. The topological polar surface area (TPSA) is 95.1 Å². The molecule has 0 spiro atoms. The van der Waals surface area contributed by atoms with Crippen LogP contribution in [0.2, 0.25) is 5.02 Å². The van der Waals surface area contributed by atoms with Crippen LogP contribution in [0.4, 0.5) is 11.5 Å². The van der Waals surface area contributed by atoms with Gasteiger partial charge in [-0.05, 0) is 12.1 Å². The van der Waals surface area contributed by atoms with E-state index in [2.05, 4.69) is 15.4 Å². The number of nitrogen functional groups attached to an aromatic ring is 1. The van der Waals surface area contributed by atoms with Gasteiger partial charge in [0.15, 0.2) is 0 Å². The number of aromatic nitrogens is 3. The number of hydrogen-bond donors (Lipinski definition) is 2. The monoisotopic (exact) mass is 295 g/mol. The van der Waals surface area contributed by atoms with Gasteiger partial charge >= 0.3 is 0 Å². The van der Waals surface area contributed by atoms with Crippen molar-refractivity contribution in [2.24, 2.45) is 0 Å². The molecule has 2 rings (SSSR count).